The number of aromatic hydroxyl groups is 1. The summed E-state index contributed by atoms with van der Waals surface area (Å²) >= 11 is 4.98. The number of hydrogen-bond acceptors (Lipinski definition) is 4. The summed E-state index contributed by atoms with van der Waals surface area (Å²) in [5, 5.41) is 9.23. The number of rotatable bonds is 3. The molecule has 3 nitrogen and oxygen atoms in total. The van der Waals surface area contributed by atoms with Crippen LogP contribution < -0.4 is 0 Å². The van der Waals surface area contributed by atoms with Gasteiger partial charge >= 0.3 is 5.97 Å². The van der Waals surface area contributed by atoms with Crippen LogP contribution in [-0.2, 0) is 4.74 Å². The molecule has 0 fully saturated rings. The number of phenolic OH excluding ortho intramolecular Hbond substituents is 1. The molecule has 0 aliphatic rings. The van der Waals surface area contributed by atoms with E-state index in [0.29, 0.717) is 5.56 Å². The zero-order valence-corrected chi connectivity index (χ0v) is 12.5. The van der Waals surface area contributed by atoms with Crippen LogP contribution in [0.3, 0.4) is 0 Å². The highest BCUT2D eigenvalue weighted by molar-refractivity contribution is 9.10. The second-order valence-electron chi connectivity index (χ2n) is 3.73. The molecule has 2 aromatic carbocycles. The van der Waals surface area contributed by atoms with Gasteiger partial charge in [0.15, 0.2) is 0 Å². The van der Waals surface area contributed by atoms with Crippen molar-refractivity contribution >= 4 is 33.7 Å². The standard InChI is InChI=1S/C14H11BrO3S/c1-18-14(17)9-2-7-13(12(15)8-9)19-11-5-3-10(16)4-6-11/h2-8,16H,1H3. The van der Waals surface area contributed by atoms with Gasteiger partial charge < -0.3 is 9.84 Å². The average molecular weight is 339 g/mol. The molecule has 0 amide bonds. The molecule has 0 atom stereocenters. The summed E-state index contributed by atoms with van der Waals surface area (Å²) in [4.78, 5) is 13.4. The number of esters is 1. The first-order valence-electron chi connectivity index (χ1n) is 5.45. The molecule has 98 valence electrons. The topological polar surface area (TPSA) is 46.5 Å². The molecule has 2 rings (SSSR count). The van der Waals surface area contributed by atoms with Crippen molar-refractivity contribution in [3.8, 4) is 5.75 Å². The van der Waals surface area contributed by atoms with Gasteiger partial charge in [0.25, 0.3) is 0 Å². The Morgan fingerprint density at radius 2 is 1.89 bits per heavy atom. The maximum Gasteiger partial charge on any atom is 0.337 e. The molecular formula is C14H11BrO3S. The molecule has 0 aliphatic heterocycles. The van der Waals surface area contributed by atoms with E-state index in [1.807, 2.05) is 18.2 Å². The summed E-state index contributed by atoms with van der Waals surface area (Å²) in [6, 6.07) is 12.3. The van der Waals surface area contributed by atoms with Crippen LogP contribution in [0.2, 0.25) is 0 Å². The Bertz CT molecular complexity index is 596. The van der Waals surface area contributed by atoms with E-state index < -0.39 is 0 Å². The molecule has 19 heavy (non-hydrogen) atoms. The van der Waals surface area contributed by atoms with E-state index in [4.69, 9.17) is 0 Å². The fraction of sp³-hybridized carbons (Fsp3) is 0.0714. The normalized spacial score (nSPS) is 10.2. The quantitative estimate of drug-likeness (QED) is 0.856. The van der Waals surface area contributed by atoms with Crippen LogP contribution in [-0.4, -0.2) is 18.2 Å². The van der Waals surface area contributed by atoms with E-state index in [0.717, 1.165) is 14.3 Å². The largest absolute Gasteiger partial charge is 0.508 e. The Balaban J connectivity index is 2.22. The molecule has 2 aromatic rings. The van der Waals surface area contributed by atoms with E-state index >= 15 is 0 Å². The van der Waals surface area contributed by atoms with Crippen molar-refractivity contribution in [3.05, 3.63) is 52.5 Å². The van der Waals surface area contributed by atoms with Gasteiger partial charge in [-0.2, -0.15) is 0 Å². The summed E-state index contributed by atoms with van der Waals surface area (Å²) in [5.74, 6) is -0.119. The van der Waals surface area contributed by atoms with Gasteiger partial charge in [0.05, 0.1) is 12.7 Å². The van der Waals surface area contributed by atoms with Crippen molar-refractivity contribution < 1.29 is 14.6 Å². The van der Waals surface area contributed by atoms with E-state index in [9.17, 15) is 9.90 Å². The highest BCUT2D eigenvalue weighted by Crippen LogP contribution is 2.34. The molecule has 0 aliphatic carbocycles. The van der Waals surface area contributed by atoms with Crippen LogP contribution in [0, 0.1) is 0 Å². The van der Waals surface area contributed by atoms with Gasteiger partial charge in [-0.15, -0.1) is 0 Å². The second-order valence-corrected chi connectivity index (χ2v) is 5.70. The van der Waals surface area contributed by atoms with Crippen molar-refractivity contribution in [1.82, 2.24) is 0 Å². The lowest BCUT2D eigenvalue weighted by Crippen LogP contribution is -2.00. The number of methoxy groups -OCH3 is 1. The van der Waals surface area contributed by atoms with Crippen LogP contribution in [0.5, 0.6) is 5.75 Å². The van der Waals surface area contributed by atoms with Crippen molar-refractivity contribution in [2.75, 3.05) is 7.11 Å². The van der Waals surface area contributed by atoms with Crippen LogP contribution in [0.15, 0.2) is 56.7 Å². The Morgan fingerprint density at radius 3 is 2.47 bits per heavy atom. The van der Waals surface area contributed by atoms with E-state index in [1.54, 1.807) is 36.0 Å². The van der Waals surface area contributed by atoms with Crippen LogP contribution in [0.1, 0.15) is 10.4 Å². The van der Waals surface area contributed by atoms with Crippen molar-refractivity contribution in [3.63, 3.8) is 0 Å². The lowest BCUT2D eigenvalue weighted by molar-refractivity contribution is 0.0600. The van der Waals surface area contributed by atoms with Gasteiger partial charge in [-0.1, -0.05) is 11.8 Å². The number of carbonyl (C=O) groups excluding carboxylic acids is 1. The third-order valence-electron chi connectivity index (χ3n) is 2.42. The Labute approximate surface area is 123 Å². The molecule has 0 saturated carbocycles. The highest BCUT2D eigenvalue weighted by Gasteiger charge is 2.09. The van der Waals surface area contributed by atoms with Gasteiger partial charge in [-0.25, -0.2) is 4.79 Å². The van der Waals surface area contributed by atoms with Crippen LogP contribution in [0.4, 0.5) is 0 Å². The molecular weight excluding hydrogens is 328 g/mol. The summed E-state index contributed by atoms with van der Waals surface area (Å²) < 4.78 is 5.50. The average Bonchev–Trinajstić information content (AvgIpc) is 2.42. The van der Waals surface area contributed by atoms with Gasteiger partial charge in [0, 0.05) is 14.3 Å². The predicted molar refractivity (Wildman–Crippen MR) is 77.7 cm³/mol. The third kappa shape index (κ3) is 3.52. The summed E-state index contributed by atoms with van der Waals surface area (Å²) in [6.07, 6.45) is 0. The third-order valence-corrected chi connectivity index (χ3v) is 4.42. The van der Waals surface area contributed by atoms with Gasteiger partial charge in [-0.3, -0.25) is 0 Å². The fourth-order valence-corrected chi connectivity index (χ4v) is 2.91. The van der Waals surface area contributed by atoms with Gasteiger partial charge in [0.1, 0.15) is 5.75 Å². The molecule has 0 aromatic heterocycles. The minimum Gasteiger partial charge on any atom is -0.508 e. The monoisotopic (exact) mass is 338 g/mol. The van der Waals surface area contributed by atoms with Crippen molar-refractivity contribution in [2.45, 2.75) is 9.79 Å². The lowest BCUT2D eigenvalue weighted by atomic mass is 10.2. The zero-order chi connectivity index (χ0) is 13.8. The SMILES string of the molecule is COC(=O)c1ccc(Sc2ccc(O)cc2)c(Br)c1. The predicted octanol–water partition coefficient (Wildman–Crippen LogP) is 4.09. The van der Waals surface area contributed by atoms with Crippen molar-refractivity contribution in [1.29, 1.82) is 0 Å². The zero-order valence-electron chi connectivity index (χ0n) is 10.1. The second kappa shape index (κ2) is 6.12. The number of phenols is 1. The fourth-order valence-electron chi connectivity index (χ4n) is 1.47. The van der Waals surface area contributed by atoms with E-state index in [-0.39, 0.29) is 11.7 Å². The molecule has 0 spiro atoms. The maximum atomic E-state index is 11.4. The number of ether oxygens (including phenoxy) is 1. The maximum absolute atomic E-state index is 11.4. The first-order valence-corrected chi connectivity index (χ1v) is 7.06. The summed E-state index contributed by atoms with van der Waals surface area (Å²) in [5.41, 5.74) is 0.504. The number of benzene rings is 2. The Hall–Kier alpha value is -1.46. The van der Waals surface area contributed by atoms with Gasteiger partial charge in [0.2, 0.25) is 0 Å². The van der Waals surface area contributed by atoms with E-state index in [1.165, 1.54) is 7.11 Å². The Morgan fingerprint density at radius 1 is 1.21 bits per heavy atom. The van der Waals surface area contributed by atoms with Gasteiger partial charge in [-0.05, 0) is 58.4 Å². The first-order chi connectivity index (χ1) is 9.10. The smallest absolute Gasteiger partial charge is 0.337 e. The molecule has 0 radical (unpaired) electrons. The van der Waals surface area contributed by atoms with Crippen LogP contribution >= 0.6 is 27.7 Å². The van der Waals surface area contributed by atoms with Crippen molar-refractivity contribution in [2.24, 2.45) is 0 Å². The molecule has 0 bridgehead atoms. The molecule has 5 heteroatoms. The van der Waals surface area contributed by atoms with E-state index in [2.05, 4.69) is 20.7 Å². The number of carbonyl (C=O) groups is 1. The highest BCUT2D eigenvalue weighted by atomic mass is 79.9. The molecule has 1 N–H and O–H groups in total. The summed E-state index contributed by atoms with van der Waals surface area (Å²) in [7, 11) is 1.36. The molecule has 0 saturated heterocycles. The van der Waals surface area contributed by atoms with Crippen LogP contribution in [0.25, 0.3) is 0 Å². The molecule has 0 unspecified atom stereocenters. The number of hydrogen-bond donors (Lipinski definition) is 1. The first kappa shape index (κ1) is 14.0. The lowest BCUT2D eigenvalue weighted by Gasteiger charge is -2.06. The minimum atomic E-state index is -0.359. The number of halogens is 1. The molecule has 0 heterocycles. The Kier molecular flexibility index (Phi) is 4.50. The summed E-state index contributed by atoms with van der Waals surface area (Å²) in [6.45, 7) is 0. The minimum absolute atomic E-state index is 0.240.